The van der Waals surface area contributed by atoms with Gasteiger partial charge in [0.2, 0.25) is 15.9 Å². The number of fused-ring (bicyclic) bond motifs is 1. The second-order valence-electron chi connectivity index (χ2n) is 10.1. The number of hydrogen-bond acceptors (Lipinski definition) is 9. The molecular weight excluding hydrogens is 523 g/mol. The quantitative estimate of drug-likeness (QED) is 0.194. The van der Waals surface area contributed by atoms with Crippen molar-refractivity contribution in [2.75, 3.05) is 13.2 Å². The van der Waals surface area contributed by atoms with Crippen molar-refractivity contribution in [2.24, 2.45) is 5.92 Å². The Bertz CT molecular complexity index is 1270. The van der Waals surface area contributed by atoms with E-state index < -0.39 is 56.8 Å². The highest BCUT2D eigenvalue weighted by Gasteiger charge is 2.61. The second kappa shape index (κ2) is 10.2. The standard InChI is InChI=1S/C24H29FN4O8S/c25-19-5-1-3-14-12-29(13-18(14)19)23(32)37-16-9-20(26-11-16)21(30)27-24(10-15(24)4-2-8-36-33)22(31)28-38(34,35)17-6-7-17/h1-5,15-17,20,26,33H,6-13H2,(H,27,30)(H,28,31)/b4-2-/t15-,16-,20+,24-/m1/s1. The lowest BCUT2D eigenvalue weighted by Gasteiger charge is -2.21. The second-order valence-corrected chi connectivity index (χ2v) is 12.1. The third-order valence-electron chi connectivity index (χ3n) is 7.36. The first-order valence-electron chi connectivity index (χ1n) is 12.4. The number of ether oxygens (including phenoxy) is 1. The SMILES string of the molecule is O=C(N[C@]1(C(=O)NS(=O)(=O)C2CC2)C[C@H]1/C=C\COO)[C@@H]1C[C@@H](OC(=O)N2Cc3cccc(F)c3C2)CN1. The minimum Gasteiger partial charge on any atom is -0.445 e. The smallest absolute Gasteiger partial charge is 0.410 e. The van der Waals surface area contributed by atoms with Gasteiger partial charge in [-0.25, -0.2) is 22.5 Å². The maximum Gasteiger partial charge on any atom is 0.410 e. The number of carbonyl (C=O) groups is 3. The first kappa shape index (κ1) is 26.5. The number of amides is 3. The normalized spacial score (nSPS) is 28.3. The van der Waals surface area contributed by atoms with Crippen LogP contribution < -0.4 is 15.4 Å². The molecule has 0 bridgehead atoms. The molecule has 1 saturated heterocycles. The summed E-state index contributed by atoms with van der Waals surface area (Å²) in [7, 11) is -3.83. The molecule has 38 heavy (non-hydrogen) atoms. The van der Waals surface area contributed by atoms with Crippen LogP contribution in [0.5, 0.6) is 0 Å². The summed E-state index contributed by atoms with van der Waals surface area (Å²) in [6, 6.07) is 3.90. The van der Waals surface area contributed by atoms with Gasteiger partial charge in [0.05, 0.1) is 17.8 Å². The number of sulfonamides is 1. The molecule has 2 aliphatic heterocycles. The first-order chi connectivity index (χ1) is 18.1. The maximum atomic E-state index is 14.0. The van der Waals surface area contributed by atoms with Crippen LogP contribution in [0, 0.1) is 11.7 Å². The van der Waals surface area contributed by atoms with Crippen LogP contribution in [0.1, 0.15) is 36.8 Å². The largest absolute Gasteiger partial charge is 0.445 e. The number of benzene rings is 1. The van der Waals surface area contributed by atoms with Crippen molar-refractivity contribution in [1.82, 2.24) is 20.3 Å². The minimum absolute atomic E-state index is 0.0997. The van der Waals surface area contributed by atoms with Gasteiger partial charge in [0.25, 0.3) is 5.91 Å². The van der Waals surface area contributed by atoms with Gasteiger partial charge in [-0.3, -0.25) is 24.5 Å². The fraction of sp³-hybridized carbons (Fsp3) is 0.542. The Morgan fingerprint density at radius 1 is 1.26 bits per heavy atom. The summed E-state index contributed by atoms with van der Waals surface area (Å²) in [5.74, 6) is -2.23. The van der Waals surface area contributed by atoms with Crippen LogP contribution in [0.3, 0.4) is 0 Å². The van der Waals surface area contributed by atoms with E-state index in [-0.39, 0.29) is 44.9 Å². The molecule has 12 nitrogen and oxygen atoms in total. The van der Waals surface area contributed by atoms with Crippen LogP contribution in [0.15, 0.2) is 30.4 Å². The van der Waals surface area contributed by atoms with Crippen molar-refractivity contribution >= 4 is 27.9 Å². The molecule has 14 heteroatoms. The van der Waals surface area contributed by atoms with E-state index in [1.165, 1.54) is 17.0 Å². The van der Waals surface area contributed by atoms with Crippen molar-refractivity contribution in [1.29, 1.82) is 0 Å². The Morgan fingerprint density at radius 3 is 2.76 bits per heavy atom. The number of carbonyl (C=O) groups excluding carboxylic acids is 3. The van der Waals surface area contributed by atoms with Gasteiger partial charge in [0, 0.05) is 31.0 Å². The topological polar surface area (TPSA) is 163 Å². The van der Waals surface area contributed by atoms with Gasteiger partial charge in [-0.15, -0.1) is 0 Å². The molecule has 4 N–H and O–H groups in total. The predicted molar refractivity (Wildman–Crippen MR) is 129 cm³/mol. The lowest BCUT2D eigenvalue weighted by Crippen LogP contribution is -2.55. The summed E-state index contributed by atoms with van der Waals surface area (Å²) in [5.41, 5.74) is -0.293. The molecule has 5 rings (SSSR count). The fourth-order valence-corrected chi connectivity index (χ4v) is 6.32. The lowest BCUT2D eigenvalue weighted by atomic mass is 10.1. The molecule has 2 heterocycles. The highest BCUT2D eigenvalue weighted by Crippen LogP contribution is 2.45. The predicted octanol–water partition coefficient (Wildman–Crippen LogP) is 0.538. The van der Waals surface area contributed by atoms with Crippen LogP contribution >= 0.6 is 0 Å². The molecule has 0 aromatic heterocycles. The van der Waals surface area contributed by atoms with Crippen LogP contribution in [0.25, 0.3) is 0 Å². The van der Waals surface area contributed by atoms with Crippen molar-refractivity contribution < 1.29 is 42.1 Å². The van der Waals surface area contributed by atoms with Gasteiger partial charge in [0.15, 0.2) is 0 Å². The summed E-state index contributed by atoms with van der Waals surface area (Å²) in [6.45, 7) is 0.399. The summed E-state index contributed by atoms with van der Waals surface area (Å²) in [6.07, 6.45) is 3.06. The average Bonchev–Trinajstić information content (AvgIpc) is 3.74. The van der Waals surface area contributed by atoms with Crippen LogP contribution in [-0.2, 0) is 42.3 Å². The summed E-state index contributed by atoms with van der Waals surface area (Å²) < 4.78 is 46.3. The van der Waals surface area contributed by atoms with Gasteiger partial charge in [-0.2, -0.15) is 0 Å². The molecule has 4 aliphatic rings. The molecule has 0 spiro atoms. The minimum atomic E-state index is -3.83. The zero-order valence-electron chi connectivity index (χ0n) is 20.4. The van der Waals surface area contributed by atoms with Gasteiger partial charge in [-0.1, -0.05) is 24.3 Å². The Labute approximate surface area is 218 Å². The van der Waals surface area contributed by atoms with E-state index >= 15 is 0 Å². The van der Waals surface area contributed by atoms with Crippen LogP contribution in [-0.4, -0.2) is 72.6 Å². The van der Waals surface area contributed by atoms with E-state index in [1.807, 2.05) is 0 Å². The number of halogens is 1. The molecule has 0 radical (unpaired) electrons. The molecule has 2 aliphatic carbocycles. The fourth-order valence-electron chi connectivity index (χ4n) is 4.95. The number of hydrogen-bond donors (Lipinski definition) is 4. The Balaban J connectivity index is 1.18. The van der Waals surface area contributed by atoms with Crippen molar-refractivity contribution in [3.63, 3.8) is 0 Å². The molecule has 3 fully saturated rings. The van der Waals surface area contributed by atoms with Crippen molar-refractivity contribution in [2.45, 2.75) is 61.7 Å². The number of nitrogens with zero attached hydrogens (tertiary/aromatic N) is 1. The zero-order chi connectivity index (χ0) is 27.1. The van der Waals surface area contributed by atoms with E-state index in [0.29, 0.717) is 18.4 Å². The lowest BCUT2D eigenvalue weighted by molar-refractivity contribution is -0.231. The zero-order valence-corrected chi connectivity index (χ0v) is 21.2. The van der Waals surface area contributed by atoms with Crippen molar-refractivity contribution in [3.05, 3.63) is 47.3 Å². The molecule has 4 atom stereocenters. The highest BCUT2D eigenvalue weighted by molar-refractivity contribution is 7.91. The van der Waals surface area contributed by atoms with Crippen LogP contribution in [0.2, 0.25) is 0 Å². The van der Waals surface area contributed by atoms with E-state index in [9.17, 15) is 27.2 Å². The maximum absolute atomic E-state index is 14.0. The first-order valence-corrected chi connectivity index (χ1v) is 13.9. The monoisotopic (exact) mass is 552 g/mol. The molecule has 1 aromatic rings. The van der Waals surface area contributed by atoms with E-state index in [1.54, 1.807) is 18.2 Å². The van der Waals surface area contributed by atoms with E-state index in [0.717, 1.165) is 5.56 Å². The van der Waals surface area contributed by atoms with Gasteiger partial charge >= 0.3 is 6.09 Å². The van der Waals surface area contributed by atoms with E-state index in [4.69, 9.17) is 9.99 Å². The Morgan fingerprint density at radius 2 is 2.05 bits per heavy atom. The summed E-state index contributed by atoms with van der Waals surface area (Å²) in [5, 5.41) is 13.6. The van der Waals surface area contributed by atoms with Gasteiger partial charge < -0.3 is 15.4 Å². The highest BCUT2D eigenvalue weighted by atomic mass is 32.2. The molecular formula is C24H29FN4O8S. The summed E-state index contributed by atoms with van der Waals surface area (Å²) in [4.78, 5) is 44.1. The number of nitrogens with one attached hydrogen (secondary N) is 3. The Kier molecular flexibility index (Phi) is 7.15. The van der Waals surface area contributed by atoms with E-state index in [2.05, 4.69) is 20.2 Å². The number of rotatable bonds is 9. The van der Waals surface area contributed by atoms with Crippen molar-refractivity contribution in [3.8, 4) is 0 Å². The molecule has 0 unspecified atom stereocenters. The van der Waals surface area contributed by atoms with Gasteiger partial charge in [-0.05, 0) is 30.9 Å². The average molecular weight is 553 g/mol. The molecule has 3 amide bonds. The van der Waals surface area contributed by atoms with Gasteiger partial charge in [0.1, 0.15) is 24.1 Å². The third-order valence-corrected chi connectivity index (χ3v) is 9.18. The van der Waals surface area contributed by atoms with Crippen LogP contribution in [0.4, 0.5) is 9.18 Å². The molecule has 206 valence electrons. The third kappa shape index (κ3) is 5.39. The molecule has 2 saturated carbocycles. The summed E-state index contributed by atoms with van der Waals surface area (Å²) >= 11 is 0. The Hall–Kier alpha value is -3.07. The molecule has 1 aromatic carbocycles.